The molecular weight excluding hydrogens is 304 g/mol. The summed E-state index contributed by atoms with van der Waals surface area (Å²) >= 11 is 1.19. The quantitative estimate of drug-likeness (QED) is 0.686. The molecule has 0 spiro atoms. The van der Waals surface area contributed by atoms with E-state index >= 15 is 0 Å². The lowest BCUT2D eigenvalue weighted by atomic mass is 10.2. The first-order chi connectivity index (χ1) is 10.5. The van der Waals surface area contributed by atoms with Crippen molar-refractivity contribution in [3.63, 3.8) is 0 Å². The number of rotatable bonds is 8. The van der Waals surface area contributed by atoms with Crippen LogP contribution in [0.25, 0.3) is 0 Å². The number of carbonyl (C=O) groups excluding carboxylic acids is 2. The summed E-state index contributed by atoms with van der Waals surface area (Å²) in [7, 11) is 1.48. The van der Waals surface area contributed by atoms with Gasteiger partial charge in [0, 0.05) is 13.2 Å². The van der Waals surface area contributed by atoms with Gasteiger partial charge >= 0.3 is 5.97 Å². The smallest absolute Gasteiger partial charge is 0.350 e. The maximum absolute atomic E-state index is 12.3. The highest BCUT2D eigenvalue weighted by Gasteiger charge is 2.27. The largest absolute Gasteiger partial charge is 0.462 e. The first-order valence-electron chi connectivity index (χ1n) is 7.41. The molecule has 1 atom stereocenters. The van der Waals surface area contributed by atoms with Crippen molar-refractivity contribution in [2.75, 3.05) is 25.2 Å². The number of aryl methyl sites for hydroxylation is 1. The van der Waals surface area contributed by atoms with Crippen LogP contribution < -0.4 is 4.90 Å². The minimum absolute atomic E-state index is 0.00625. The van der Waals surface area contributed by atoms with Crippen molar-refractivity contribution < 1.29 is 19.1 Å². The maximum Gasteiger partial charge on any atom is 0.350 e. The molecule has 1 aromatic heterocycles. The topological polar surface area (TPSA) is 68.7 Å². The van der Waals surface area contributed by atoms with Crippen molar-refractivity contribution in [1.29, 1.82) is 0 Å². The van der Waals surface area contributed by atoms with E-state index < -0.39 is 5.97 Å². The number of nitrogens with zero attached hydrogens (tertiary/aromatic N) is 2. The molecule has 124 valence electrons. The first-order valence-corrected chi connectivity index (χ1v) is 8.23. The minimum Gasteiger partial charge on any atom is -0.462 e. The molecule has 7 heteroatoms. The fraction of sp³-hybridized carbons (Fsp3) is 0.667. The Bertz CT molecular complexity index is 516. The molecule has 0 fully saturated rings. The number of hydrogen-bond acceptors (Lipinski definition) is 6. The number of aromatic nitrogens is 1. The van der Waals surface area contributed by atoms with Gasteiger partial charge in [-0.15, -0.1) is 0 Å². The van der Waals surface area contributed by atoms with Gasteiger partial charge in [-0.05, 0) is 27.2 Å². The number of esters is 1. The van der Waals surface area contributed by atoms with Gasteiger partial charge in [0.25, 0.3) is 5.91 Å². The van der Waals surface area contributed by atoms with Crippen LogP contribution in [-0.4, -0.2) is 43.2 Å². The van der Waals surface area contributed by atoms with Crippen LogP contribution in [0, 0.1) is 6.92 Å². The Hall–Kier alpha value is -1.47. The highest BCUT2D eigenvalue weighted by Crippen LogP contribution is 2.29. The summed E-state index contributed by atoms with van der Waals surface area (Å²) in [6.45, 7) is 7.83. The number of carbonyl (C=O) groups is 2. The zero-order valence-corrected chi connectivity index (χ0v) is 14.7. The number of hydrogen-bond donors (Lipinski definition) is 0. The number of thiazole rings is 1. The van der Waals surface area contributed by atoms with Crippen molar-refractivity contribution in [3.8, 4) is 0 Å². The molecule has 1 aromatic rings. The number of anilines is 1. The number of amides is 1. The van der Waals surface area contributed by atoms with E-state index in [1.54, 1.807) is 18.7 Å². The third-order valence-electron chi connectivity index (χ3n) is 3.14. The SMILES string of the molecule is CCC[C@@H](C)N(C(=O)COC)c1nc(C)c(C(=O)OCC)s1. The molecule has 0 bridgehead atoms. The molecule has 0 aliphatic heterocycles. The Morgan fingerprint density at radius 3 is 2.59 bits per heavy atom. The van der Waals surface area contributed by atoms with Crippen LogP contribution in [0.5, 0.6) is 0 Å². The van der Waals surface area contributed by atoms with Crippen LogP contribution in [0.15, 0.2) is 0 Å². The van der Waals surface area contributed by atoms with Crippen LogP contribution in [0.1, 0.15) is 49.0 Å². The van der Waals surface area contributed by atoms with E-state index in [1.807, 2.05) is 6.92 Å². The fourth-order valence-electron chi connectivity index (χ4n) is 2.15. The maximum atomic E-state index is 12.3. The van der Waals surface area contributed by atoms with Gasteiger partial charge in [-0.3, -0.25) is 9.69 Å². The highest BCUT2D eigenvalue weighted by molar-refractivity contribution is 7.17. The van der Waals surface area contributed by atoms with Crippen molar-refractivity contribution in [2.24, 2.45) is 0 Å². The zero-order valence-electron chi connectivity index (χ0n) is 13.8. The third kappa shape index (κ3) is 4.51. The van der Waals surface area contributed by atoms with Gasteiger partial charge in [0.05, 0.1) is 12.3 Å². The van der Waals surface area contributed by atoms with Crippen LogP contribution >= 0.6 is 11.3 Å². The van der Waals surface area contributed by atoms with E-state index in [1.165, 1.54) is 18.4 Å². The number of methoxy groups -OCH3 is 1. The lowest BCUT2D eigenvalue weighted by Gasteiger charge is -2.26. The summed E-state index contributed by atoms with van der Waals surface area (Å²) in [5, 5.41) is 0.517. The van der Waals surface area contributed by atoms with Crippen molar-refractivity contribution in [3.05, 3.63) is 10.6 Å². The molecule has 0 N–H and O–H groups in total. The van der Waals surface area contributed by atoms with E-state index in [2.05, 4.69) is 11.9 Å². The van der Waals surface area contributed by atoms with E-state index in [0.717, 1.165) is 12.8 Å². The van der Waals surface area contributed by atoms with Crippen molar-refractivity contribution in [2.45, 2.75) is 46.6 Å². The van der Waals surface area contributed by atoms with E-state index in [4.69, 9.17) is 9.47 Å². The minimum atomic E-state index is -0.397. The third-order valence-corrected chi connectivity index (χ3v) is 4.27. The number of ether oxygens (including phenoxy) is 2. The molecule has 0 aliphatic carbocycles. The summed E-state index contributed by atoms with van der Waals surface area (Å²) in [6, 6.07) is -0.00625. The molecule has 0 saturated heterocycles. The Kier molecular flexibility index (Phi) is 7.47. The predicted octanol–water partition coefficient (Wildman–Crippen LogP) is 2.80. The molecule has 0 unspecified atom stereocenters. The molecule has 1 heterocycles. The standard InChI is InChI=1S/C15H24N2O4S/c1-6-8-10(3)17(12(18)9-20-5)15-16-11(4)13(22-15)14(19)21-7-2/h10H,6-9H2,1-5H3/t10-/m1/s1. The van der Waals surface area contributed by atoms with Crippen LogP contribution in [0.3, 0.4) is 0 Å². The second kappa shape index (κ2) is 8.85. The van der Waals surface area contributed by atoms with Crippen molar-refractivity contribution >= 4 is 28.3 Å². The summed E-state index contributed by atoms with van der Waals surface area (Å²) < 4.78 is 9.97. The average molecular weight is 328 g/mol. The van der Waals surface area contributed by atoms with E-state index in [-0.39, 0.29) is 18.6 Å². The fourth-order valence-corrected chi connectivity index (χ4v) is 3.23. The second-order valence-electron chi connectivity index (χ2n) is 4.97. The van der Waals surface area contributed by atoms with Gasteiger partial charge in [-0.2, -0.15) is 0 Å². The predicted molar refractivity (Wildman–Crippen MR) is 86.5 cm³/mol. The van der Waals surface area contributed by atoms with E-state index in [9.17, 15) is 9.59 Å². The zero-order chi connectivity index (χ0) is 16.7. The van der Waals surface area contributed by atoms with Gasteiger partial charge in [0.1, 0.15) is 11.5 Å². The van der Waals surface area contributed by atoms with Gasteiger partial charge in [-0.1, -0.05) is 24.7 Å². The molecular formula is C15H24N2O4S. The van der Waals surface area contributed by atoms with Gasteiger partial charge in [0.2, 0.25) is 0 Å². The summed E-state index contributed by atoms with van der Waals surface area (Å²) in [4.78, 5) is 30.7. The van der Waals surface area contributed by atoms with E-state index in [0.29, 0.717) is 22.3 Å². The molecule has 0 aliphatic rings. The Morgan fingerprint density at radius 1 is 1.36 bits per heavy atom. The van der Waals surface area contributed by atoms with Gasteiger partial charge < -0.3 is 9.47 Å². The molecule has 0 saturated carbocycles. The monoisotopic (exact) mass is 328 g/mol. The first kappa shape index (κ1) is 18.6. The summed E-state index contributed by atoms with van der Waals surface area (Å²) in [6.07, 6.45) is 1.80. The van der Waals surface area contributed by atoms with Crippen LogP contribution in [-0.2, 0) is 14.3 Å². The lowest BCUT2D eigenvalue weighted by molar-refractivity contribution is -0.122. The van der Waals surface area contributed by atoms with Gasteiger partial charge in [-0.25, -0.2) is 9.78 Å². The molecule has 6 nitrogen and oxygen atoms in total. The Labute approximate surface area is 135 Å². The second-order valence-corrected chi connectivity index (χ2v) is 5.94. The molecule has 22 heavy (non-hydrogen) atoms. The molecule has 1 amide bonds. The van der Waals surface area contributed by atoms with Gasteiger partial charge in [0.15, 0.2) is 5.13 Å². The molecule has 0 aromatic carbocycles. The van der Waals surface area contributed by atoms with Crippen LogP contribution in [0.2, 0.25) is 0 Å². The normalized spacial score (nSPS) is 12.0. The van der Waals surface area contributed by atoms with Crippen LogP contribution in [0.4, 0.5) is 5.13 Å². The average Bonchev–Trinajstić information content (AvgIpc) is 2.81. The van der Waals surface area contributed by atoms with Crippen molar-refractivity contribution in [1.82, 2.24) is 4.98 Å². The Morgan fingerprint density at radius 2 is 2.05 bits per heavy atom. The highest BCUT2D eigenvalue weighted by atomic mass is 32.1. The Balaban J connectivity index is 3.11. The molecule has 1 rings (SSSR count). The molecule has 0 radical (unpaired) electrons. The lowest BCUT2D eigenvalue weighted by Crippen LogP contribution is -2.40. The summed E-state index contributed by atoms with van der Waals surface area (Å²) in [5.74, 6) is -0.557. The summed E-state index contributed by atoms with van der Waals surface area (Å²) in [5.41, 5.74) is 0.581.